The molecule has 2 N–H and O–H groups in total. The Kier molecular flexibility index (Phi) is 9.28. The molecule has 212 valence electrons. The fraction of sp³-hybridized carbons (Fsp3) is 0.464. The fourth-order valence-electron chi connectivity index (χ4n) is 5.12. The molecule has 1 fully saturated rings. The van der Waals surface area contributed by atoms with Crippen LogP contribution in [0.3, 0.4) is 0 Å². The number of benzene rings is 1. The average Bonchev–Trinajstić information content (AvgIpc) is 3.38. The molecule has 0 saturated carbocycles. The van der Waals surface area contributed by atoms with Gasteiger partial charge >= 0.3 is 5.97 Å². The largest absolute Gasteiger partial charge is 0.872 e. The summed E-state index contributed by atoms with van der Waals surface area (Å²) < 4.78 is 21.3. The number of H-pyrrole nitrogens is 1. The molecular weight excluding hydrogens is 506 g/mol. The first-order chi connectivity index (χ1) is 18.6. The highest BCUT2D eigenvalue weighted by molar-refractivity contribution is 6.46. The Labute approximate surface area is 228 Å². The zero-order chi connectivity index (χ0) is 29.0. The first kappa shape index (κ1) is 29.6. The van der Waals surface area contributed by atoms with Gasteiger partial charge in [0.25, 0.3) is 5.91 Å². The number of nitrogens with zero attached hydrogens (tertiary/aromatic N) is 1. The highest BCUT2D eigenvalue weighted by Crippen LogP contribution is 2.45. The van der Waals surface area contributed by atoms with Crippen LogP contribution in [0.4, 0.5) is 0 Å². The fourth-order valence-corrected chi connectivity index (χ4v) is 5.12. The Hall–Kier alpha value is -3.99. The maximum atomic E-state index is 14.1. The monoisotopic (exact) mass is 543 g/mol. The number of ketones is 1. The summed E-state index contributed by atoms with van der Waals surface area (Å²) in [5, 5.41) is 14.1. The second kappa shape index (κ2) is 12.2. The van der Waals surface area contributed by atoms with Crippen LogP contribution in [0.15, 0.2) is 17.7 Å². The maximum Gasteiger partial charge on any atom is 0.354 e. The Balaban J connectivity index is 2.30. The lowest BCUT2D eigenvalue weighted by atomic mass is 9.93. The number of hydrogen-bond acceptors (Lipinski definition) is 8. The number of nitrogens with one attached hydrogen (secondary N) is 2. The molecule has 2 heterocycles. The SMILES string of the molecule is CC[NH+](CC)CCN1C(=O)C(=O)C(=C([O-])c2c(C)[nH]c(C(=O)OC)c2C)C1c1cc(OC)c(OC)c(OC)c1. The summed E-state index contributed by atoms with van der Waals surface area (Å²) in [6, 6.07) is 2.27. The van der Waals surface area contributed by atoms with Gasteiger partial charge < -0.3 is 38.8 Å². The Morgan fingerprint density at radius 1 is 1.03 bits per heavy atom. The number of methoxy groups -OCH3 is 4. The summed E-state index contributed by atoms with van der Waals surface area (Å²) in [6.07, 6.45) is 0. The van der Waals surface area contributed by atoms with Gasteiger partial charge in [-0.2, -0.15) is 0 Å². The number of hydrogen-bond donors (Lipinski definition) is 2. The molecule has 0 bridgehead atoms. The molecule has 11 nitrogen and oxygen atoms in total. The van der Waals surface area contributed by atoms with Crippen molar-refractivity contribution in [2.75, 3.05) is 54.6 Å². The second-order valence-electron chi connectivity index (χ2n) is 9.26. The van der Waals surface area contributed by atoms with Crippen molar-refractivity contribution in [3.63, 3.8) is 0 Å². The molecule has 2 aromatic rings. The predicted octanol–water partition coefficient (Wildman–Crippen LogP) is 0.593. The molecule has 0 spiro atoms. The summed E-state index contributed by atoms with van der Waals surface area (Å²) in [6.45, 7) is 9.84. The molecule has 0 radical (unpaired) electrons. The quantitative estimate of drug-likeness (QED) is 0.182. The molecule has 1 aromatic heterocycles. The van der Waals surface area contributed by atoms with Crippen LogP contribution in [-0.4, -0.2) is 82.2 Å². The number of carbonyl (C=O) groups excluding carboxylic acids is 3. The van der Waals surface area contributed by atoms with Gasteiger partial charge in [-0.15, -0.1) is 0 Å². The first-order valence-electron chi connectivity index (χ1n) is 12.8. The van der Waals surface area contributed by atoms with E-state index in [2.05, 4.69) is 4.98 Å². The topological polar surface area (TPSA) is 135 Å². The summed E-state index contributed by atoms with van der Waals surface area (Å²) in [4.78, 5) is 44.7. The summed E-state index contributed by atoms with van der Waals surface area (Å²) in [7, 11) is 5.64. The van der Waals surface area contributed by atoms with Crippen LogP contribution in [0.2, 0.25) is 0 Å². The van der Waals surface area contributed by atoms with E-state index in [1.165, 1.54) is 38.2 Å². The molecule has 1 amide bonds. The minimum absolute atomic E-state index is 0.113. The number of likely N-dealkylation sites (tertiary alicyclic amines) is 1. The number of rotatable bonds is 11. The van der Waals surface area contributed by atoms with Gasteiger partial charge in [0.2, 0.25) is 11.5 Å². The normalized spacial score (nSPS) is 16.6. The molecule has 11 heteroatoms. The second-order valence-corrected chi connectivity index (χ2v) is 9.26. The highest BCUT2D eigenvalue weighted by atomic mass is 16.5. The van der Waals surface area contributed by atoms with Crippen molar-refractivity contribution >= 4 is 23.4 Å². The minimum atomic E-state index is -1.00. The van der Waals surface area contributed by atoms with Crippen molar-refractivity contribution < 1.29 is 43.3 Å². The number of amides is 1. The number of likely N-dealkylation sites (N-methyl/N-ethyl adjacent to an activating group) is 1. The molecule has 3 rings (SSSR count). The van der Waals surface area contributed by atoms with Crippen molar-refractivity contribution in [2.24, 2.45) is 0 Å². The van der Waals surface area contributed by atoms with Crippen LogP contribution in [0.5, 0.6) is 17.2 Å². The summed E-state index contributed by atoms with van der Waals surface area (Å²) in [5.74, 6) is -1.93. The van der Waals surface area contributed by atoms with Gasteiger partial charge in [0, 0.05) is 11.3 Å². The van der Waals surface area contributed by atoms with Crippen LogP contribution < -0.4 is 24.2 Å². The van der Waals surface area contributed by atoms with E-state index < -0.39 is 29.5 Å². The van der Waals surface area contributed by atoms with Crippen LogP contribution in [-0.2, 0) is 14.3 Å². The van der Waals surface area contributed by atoms with E-state index in [0.717, 1.165) is 13.1 Å². The van der Waals surface area contributed by atoms with Gasteiger partial charge in [-0.3, -0.25) is 9.59 Å². The molecule has 0 aliphatic carbocycles. The van der Waals surface area contributed by atoms with E-state index in [4.69, 9.17) is 18.9 Å². The third-order valence-corrected chi connectivity index (χ3v) is 7.29. The molecule has 1 aliphatic rings. The van der Waals surface area contributed by atoms with E-state index in [1.54, 1.807) is 26.0 Å². The van der Waals surface area contributed by atoms with E-state index in [1.807, 2.05) is 13.8 Å². The summed E-state index contributed by atoms with van der Waals surface area (Å²) in [5.41, 5.74) is 1.25. The maximum absolute atomic E-state index is 14.1. The number of aromatic amines is 1. The first-order valence-corrected chi connectivity index (χ1v) is 12.8. The van der Waals surface area contributed by atoms with E-state index >= 15 is 0 Å². The number of Topliss-reactive ketones (excluding diaryl/α,β-unsaturated/α-hetero) is 1. The molecule has 1 saturated heterocycles. The zero-order valence-corrected chi connectivity index (χ0v) is 23.8. The van der Waals surface area contributed by atoms with Gasteiger partial charge in [-0.05, 0) is 56.5 Å². The number of esters is 1. The van der Waals surface area contributed by atoms with Crippen LogP contribution in [0.1, 0.15) is 52.8 Å². The minimum Gasteiger partial charge on any atom is -0.872 e. The molecular formula is C28H37N3O8. The lowest BCUT2D eigenvalue weighted by Crippen LogP contribution is -3.12. The van der Waals surface area contributed by atoms with Gasteiger partial charge in [0.15, 0.2) is 11.5 Å². The Morgan fingerprint density at radius 2 is 1.62 bits per heavy atom. The molecule has 1 unspecified atom stereocenters. The average molecular weight is 544 g/mol. The van der Waals surface area contributed by atoms with Crippen molar-refractivity contribution in [3.05, 3.63) is 45.8 Å². The zero-order valence-electron chi connectivity index (χ0n) is 23.8. The molecule has 1 aliphatic heterocycles. The number of ether oxygens (including phenoxy) is 4. The standard InChI is InChI=1S/C28H37N3O8/c1-9-30(10-2)11-12-31-23(17-13-18(36-5)26(38-7)19(14-17)37-6)21(25(33)27(31)34)24(32)20-15(3)22(28(35)39-8)29-16(20)4/h13-14,23,29,32H,9-12H2,1-8H3. The van der Waals surface area contributed by atoms with Crippen molar-refractivity contribution in [1.82, 2.24) is 9.88 Å². The van der Waals surface area contributed by atoms with E-state index in [-0.39, 0.29) is 23.4 Å². The van der Waals surface area contributed by atoms with E-state index in [0.29, 0.717) is 40.6 Å². The molecule has 1 atom stereocenters. The lowest BCUT2D eigenvalue weighted by molar-refractivity contribution is -0.895. The molecule has 1 aromatic carbocycles. The Bertz CT molecular complexity index is 1270. The van der Waals surface area contributed by atoms with Gasteiger partial charge in [-0.1, -0.05) is 5.76 Å². The number of carbonyl (C=O) groups is 3. The predicted molar refractivity (Wildman–Crippen MR) is 141 cm³/mol. The van der Waals surface area contributed by atoms with Gasteiger partial charge in [-0.25, -0.2) is 4.79 Å². The van der Waals surface area contributed by atoms with Gasteiger partial charge in [0.1, 0.15) is 5.69 Å². The third-order valence-electron chi connectivity index (χ3n) is 7.29. The Morgan fingerprint density at radius 3 is 2.10 bits per heavy atom. The van der Waals surface area contributed by atoms with Crippen LogP contribution in [0, 0.1) is 13.8 Å². The summed E-state index contributed by atoms with van der Waals surface area (Å²) >= 11 is 0. The smallest absolute Gasteiger partial charge is 0.354 e. The third kappa shape index (κ3) is 5.31. The number of aromatic nitrogens is 1. The van der Waals surface area contributed by atoms with Gasteiger partial charge in [0.05, 0.1) is 60.7 Å². The van der Waals surface area contributed by atoms with Crippen molar-refractivity contribution in [2.45, 2.75) is 33.7 Å². The van der Waals surface area contributed by atoms with Crippen LogP contribution in [0.25, 0.3) is 5.76 Å². The number of aryl methyl sites for hydroxylation is 1. The van der Waals surface area contributed by atoms with Crippen LogP contribution >= 0.6 is 0 Å². The van der Waals surface area contributed by atoms with E-state index in [9.17, 15) is 19.5 Å². The van der Waals surface area contributed by atoms with Crippen molar-refractivity contribution in [3.8, 4) is 17.2 Å². The number of quaternary nitrogens is 1. The molecule has 39 heavy (non-hydrogen) atoms. The lowest BCUT2D eigenvalue weighted by Gasteiger charge is -2.29. The van der Waals surface area contributed by atoms with Crippen molar-refractivity contribution in [1.29, 1.82) is 0 Å². The highest BCUT2D eigenvalue weighted by Gasteiger charge is 2.45.